The Morgan fingerprint density at radius 3 is 2.60 bits per heavy atom. The molecular weight excluding hydrogens is 276 g/mol. The van der Waals surface area contributed by atoms with E-state index in [2.05, 4.69) is 9.71 Å². The van der Waals surface area contributed by atoms with Crippen LogP contribution in [0.4, 0.5) is 0 Å². The summed E-state index contributed by atoms with van der Waals surface area (Å²) in [4.78, 5) is 4.45. The number of nitrogens with zero attached hydrogens (tertiary/aromatic N) is 1. The van der Waals surface area contributed by atoms with Crippen molar-refractivity contribution < 1.29 is 12.8 Å². The number of nitrogens with one attached hydrogen (secondary N) is 1. The van der Waals surface area contributed by atoms with Gasteiger partial charge in [0.2, 0.25) is 10.0 Å². The average molecular weight is 294 g/mol. The molecule has 6 heteroatoms. The van der Waals surface area contributed by atoms with Crippen LogP contribution < -0.4 is 4.72 Å². The smallest absolute Gasteiger partial charge is 0.240 e. The van der Waals surface area contributed by atoms with Gasteiger partial charge in [-0.05, 0) is 25.5 Å². The highest BCUT2D eigenvalue weighted by atomic mass is 32.2. The fourth-order valence-corrected chi connectivity index (χ4v) is 3.27. The van der Waals surface area contributed by atoms with Gasteiger partial charge < -0.3 is 4.42 Å². The molecule has 1 N–H and O–H groups in total. The third kappa shape index (κ3) is 3.46. The van der Waals surface area contributed by atoms with Crippen LogP contribution in [0.15, 0.2) is 33.8 Å². The summed E-state index contributed by atoms with van der Waals surface area (Å²) in [6, 6.07) is 5.28. The molecule has 0 saturated heterocycles. The minimum atomic E-state index is -3.48. The molecule has 0 aliphatic rings. The van der Waals surface area contributed by atoms with E-state index in [9.17, 15) is 8.42 Å². The van der Waals surface area contributed by atoms with Crippen molar-refractivity contribution in [2.45, 2.75) is 32.1 Å². The quantitative estimate of drug-likeness (QED) is 0.917. The molecule has 0 bridgehead atoms. The summed E-state index contributed by atoms with van der Waals surface area (Å²) in [6.07, 6.45) is 2.04. The lowest BCUT2D eigenvalue weighted by Crippen LogP contribution is -2.26. The van der Waals surface area contributed by atoms with Crippen molar-refractivity contribution in [1.29, 1.82) is 0 Å². The van der Waals surface area contributed by atoms with Gasteiger partial charge in [-0.3, -0.25) is 0 Å². The average Bonchev–Trinajstić information content (AvgIpc) is 2.74. The number of hydrogen-bond donors (Lipinski definition) is 1. The molecule has 0 aliphatic carbocycles. The zero-order valence-corrected chi connectivity index (χ0v) is 12.6. The number of sulfonamides is 1. The highest BCUT2D eigenvalue weighted by molar-refractivity contribution is 7.89. The fraction of sp³-hybridized carbons (Fsp3) is 0.357. The van der Waals surface area contributed by atoms with Crippen LogP contribution in [-0.2, 0) is 16.4 Å². The van der Waals surface area contributed by atoms with Crippen molar-refractivity contribution in [3.8, 4) is 0 Å². The summed E-state index contributed by atoms with van der Waals surface area (Å²) in [6.45, 7) is 5.78. The van der Waals surface area contributed by atoms with E-state index in [4.69, 9.17) is 4.42 Å². The van der Waals surface area contributed by atoms with E-state index < -0.39 is 10.0 Å². The van der Waals surface area contributed by atoms with Gasteiger partial charge in [0.25, 0.3) is 0 Å². The van der Waals surface area contributed by atoms with E-state index in [0.717, 1.165) is 16.8 Å². The predicted molar refractivity (Wildman–Crippen MR) is 76.0 cm³/mol. The highest BCUT2D eigenvalue weighted by Gasteiger charge is 2.16. The Labute approximate surface area is 119 Å². The summed E-state index contributed by atoms with van der Waals surface area (Å²) in [5.41, 5.74) is 2.53. The van der Waals surface area contributed by atoms with Crippen molar-refractivity contribution in [2.24, 2.45) is 0 Å². The number of hydrogen-bond acceptors (Lipinski definition) is 4. The van der Waals surface area contributed by atoms with Crippen molar-refractivity contribution in [2.75, 3.05) is 6.54 Å². The molecule has 1 heterocycles. The molecule has 1 aromatic carbocycles. The highest BCUT2D eigenvalue weighted by Crippen LogP contribution is 2.16. The third-order valence-corrected chi connectivity index (χ3v) is 4.58. The van der Waals surface area contributed by atoms with Gasteiger partial charge in [-0.15, -0.1) is 0 Å². The summed E-state index contributed by atoms with van der Waals surface area (Å²) < 4.78 is 32.1. The van der Waals surface area contributed by atoms with Gasteiger partial charge >= 0.3 is 0 Å². The maximum absolute atomic E-state index is 12.2. The normalized spacial score (nSPS) is 11.8. The topological polar surface area (TPSA) is 72.2 Å². The second-order valence-corrected chi connectivity index (χ2v) is 6.51. The number of aryl methyl sites for hydroxylation is 3. The molecule has 5 nitrogen and oxygen atoms in total. The molecule has 0 radical (unpaired) electrons. The monoisotopic (exact) mass is 294 g/mol. The van der Waals surface area contributed by atoms with Crippen molar-refractivity contribution in [1.82, 2.24) is 9.71 Å². The molecule has 1 aromatic heterocycles. The molecule has 20 heavy (non-hydrogen) atoms. The fourth-order valence-electron chi connectivity index (χ4n) is 2.02. The van der Waals surface area contributed by atoms with Crippen LogP contribution in [-0.4, -0.2) is 19.9 Å². The Morgan fingerprint density at radius 1 is 1.25 bits per heavy atom. The number of benzene rings is 1. The Hall–Kier alpha value is -1.66. The lowest BCUT2D eigenvalue weighted by molar-refractivity contribution is 0.520. The summed E-state index contributed by atoms with van der Waals surface area (Å²) >= 11 is 0. The second kappa shape index (κ2) is 5.76. The van der Waals surface area contributed by atoms with Crippen LogP contribution in [0.1, 0.15) is 22.7 Å². The van der Waals surface area contributed by atoms with Crippen LogP contribution in [0.3, 0.4) is 0 Å². The van der Waals surface area contributed by atoms with Gasteiger partial charge in [0.05, 0.1) is 10.6 Å². The molecule has 108 valence electrons. The largest absolute Gasteiger partial charge is 0.449 e. The van der Waals surface area contributed by atoms with Gasteiger partial charge in [-0.1, -0.05) is 17.7 Å². The summed E-state index contributed by atoms with van der Waals surface area (Å²) in [5, 5.41) is 0. The van der Waals surface area contributed by atoms with Gasteiger partial charge in [-0.2, -0.15) is 0 Å². The minimum absolute atomic E-state index is 0.293. The van der Waals surface area contributed by atoms with Crippen LogP contribution >= 0.6 is 0 Å². The predicted octanol–water partition coefficient (Wildman–Crippen LogP) is 2.12. The van der Waals surface area contributed by atoms with Crippen molar-refractivity contribution in [3.05, 3.63) is 47.2 Å². The van der Waals surface area contributed by atoms with Crippen LogP contribution in [0, 0.1) is 20.8 Å². The number of aromatic nitrogens is 1. The van der Waals surface area contributed by atoms with E-state index in [1.165, 1.54) is 0 Å². The standard InChI is InChI=1S/C14H18N2O3S/c1-10-4-5-14(11(2)8-10)20(17,18)15-7-6-13-9-19-12(3)16-13/h4-5,8-9,15H,6-7H2,1-3H3. The third-order valence-electron chi connectivity index (χ3n) is 2.96. The van der Waals surface area contributed by atoms with Crippen LogP contribution in [0.2, 0.25) is 0 Å². The lowest BCUT2D eigenvalue weighted by Gasteiger charge is -2.09. The van der Waals surface area contributed by atoms with Crippen molar-refractivity contribution >= 4 is 10.0 Å². The molecular formula is C14H18N2O3S. The molecule has 0 saturated carbocycles. The summed E-state index contributed by atoms with van der Waals surface area (Å²) in [5.74, 6) is 0.581. The molecule has 2 aromatic rings. The minimum Gasteiger partial charge on any atom is -0.449 e. The number of oxazole rings is 1. The molecule has 0 aliphatic heterocycles. The van der Waals surface area contributed by atoms with E-state index >= 15 is 0 Å². The molecule has 0 amide bonds. The first-order valence-corrected chi connectivity index (χ1v) is 7.85. The SMILES string of the molecule is Cc1ccc(S(=O)(=O)NCCc2coc(C)n2)c(C)c1. The maximum Gasteiger partial charge on any atom is 0.240 e. The van der Waals surface area contributed by atoms with E-state index in [1.807, 2.05) is 13.0 Å². The van der Waals surface area contributed by atoms with Gasteiger partial charge in [0.15, 0.2) is 5.89 Å². The van der Waals surface area contributed by atoms with Crippen molar-refractivity contribution in [3.63, 3.8) is 0 Å². The molecule has 0 fully saturated rings. The molecule has 2 rings (SSSR count). The first kappa shape index (κ1) is 14.7. The van der Waals surface area contributed by atoms with Crippen LogP contribution in [0.5, 0.6) is 0 Å². The van der Waals surface area contributed by atoms with Gasteiger partial charge in [0, 0.05) is 19.9 Å². The Balaban J connectivity index is 2.04. The molecule has 0 unspecified atom stereocenters. The summed E-state index contributed by atoms with van der Waals surface area (Å²) in [7, 11) is -3.48. The van der Waals surface area contributed by atoms with Gasteiger partial charge in [0.1, 0.15) is 6.26 Å². The zero-order valence-electron chi connectivity index (χ0n) is 11.8. The zero-order chi connectivity index (χ0) is 14.8. The Kier molecular flexibility index (Phi) is 4.25. The molecule has 0 spiro atoms. The number of rotatable bonds is 5. The Bertz CT molecular complexity index is 705. The van der Waals surface area contributed by atoms with E-state index in [1.54, 1.807) is 32.2 Å². The maximum atomic E-state index is 12.2. The second-order valence-electron chi connectivity index (χ2n) is 4.77. The molecule has 0 atom stereocenters. The van der Waals surface area contributed by atoms with Crippen LogP contribution in [0.25, 0.3) is 0 Å². The lowest BCUT2D eigenvalue weighted by atomic mass is 10.2. The van der Waals surface area contributed by atoms with E-state index in [0.29, 0.717) is 23.8 Å². The van der Waals surface area contributed by atoms with E-state index in [-0.39, 0.29) is 0 Å². The first-order valence-electron chi connectivity index (χ1n) is 6.36. The van der Waals surface area contributed by atoms with Gasteiger partial charge in [-0.25, -0.2) is 18.1 Å². The first-order chi connectivity index (χ1) is 9.38. The Morgan fingerprint density at radius 2 is 2.00 bits per heavy atom.